The van der Waals surface area contributed by atoms with E-state index < -0.39 is 11.9 Å². The molecule has 0 aromatic carbocycles. The van der Waals surface area contributed by atoms with Gasteiger partial charge in [0.2, 0.25) is 0 Å². The maximum atomic E-state index is 12.0. The summed E-state index contributed by atoms with van der Waals surface area (Å²) in [4.78, 5) is 24.6. The number of esters is 2. The van der Waals surface area contributed by atoms with Gasteiger partial charge in [-0.25, -0.2) is 9.59 Å². The normalized spacial score (nSPS) is 21.6. The standard InChI is InChI=1S/C16H10O4S7/c1-19-10(17)8-9(11(18)20-2)23-13(22-8)14-26-15-16(27-14)25-12(24-15)7-3-5-21-6-4-7/h3-6H,1-2H3. The van der Waals surface area contributed by atoms with Gasteiger partial charge < -0.3 is 9.47 Å². The van der Waals surface area contributed by atoms with E-state index in [2.05, 4.69) is 23.0 Å². The van der Waals surface area contributed by atoms with E-state index in [1.54, 1.807) is 58.8 Å². The summed E-state index contributed by atoms with van der Waals surface area (Å²) >= 11 is 11.2. The highest BCUT2D eigenvalue weighted by Crippen LogP contribution is 2.70. The molecule has 0 aliphatic carbocycles. The van der Waals surface area contributed by atoms with Crippen molar-refractivity contribution < 1.29 is 19.1 Å². The number of rotatable bonds is 2. The van der Waals surface area contributed by atoms with Gasteiger partial charge >= 0.3 is 11.9 Å². The highest BCUT2D eigenvalue weighted by atomic mass is 32.3. The summed E-state index contributed by atoms with van der Waals surface area (Å²) < 4.78 is 15.4. The molecule has 0 atom stereocenters. The maximum Gasteiger partial charge on any atom is 0.346 e. The molecular weight excluding hydrogens is 481 g/mol. The molecule has 0 unspecified atom stereocenters. The van der Waals surface area contributed by atoms with Gasteiger partial charge in [-0.15, -0.1) is 11.8 Å². The molecule has 4 aliphatic heterocycles. The van der Waals surface area contributed by atoms with Crippen molar-refractivity contribution in [2.75, 3.05) is 14.2 Å². The van der Waals surface area contributed by atoms with Gasteiger partial charge in [0.15, 0.2) is 0 Å². The van der Waals surface area contributed by atoms with Crippen molar-refractivity contribution in [1.29, 1.82) is 0 Å². The summed E-state index contributed by atoms with van der Waals surface area (Å²) in [6.07, 6.45) is 4.27. The van der Waals surface area contributed by atoms with Crippen LogP contribution >= 0.6 is 82.3 Å². The summed E-state index contributed by atoms with van der Waals surface area (Å²) in [7, 11) is 2.62. The fourth-order valence-corrected chi connectivity index (χ4v) is 11.7. The summed E-state index contributed by atoms with van der Waals surface area (Å²) in [6.45, 7) is 0. The molecule has 4 heterocycles. The fraction of sp³-hybridized carbons (Fsp3) is 0.125. The predicted octanol–water partition coefficient (Wildman–Crippen LogP) is 6.22. The minimum atomic E-state index is -0.512. The van der Waals surface area contributed by atoms with Crippen LogP contribution in [0.2, 0.25) is 0 Å². The second-order valence-corrected chi connectivity index (χ2v) is 13.1. The molecule has 0 aromatic heterocycles. The van der Waals surface area contributed by atoms with E-state index in [0.717, 1.165) is 8.47 Å². The Kier molecular flexibility index (Phi) is 6.47. The molecule has 0 fully saturated rings. The molecule has 140 valence electrons. The third kappa shape index (κ3) is 4.10. The maximum absolute atomic E-state index is 12.0. The van der Waals surface area contributed by atoms with Crippen LogP contribution in [0.4, 0.5) is 0 Å². The van der Waals surface area contributed by atoms with Crippen molar-refractivity contribution in [1.82, 2.24) is 0 Å². The van der Waals surface area contributed by atoms with Crippen molar-refractivity contribution >= 4 is 94.3 Å². The lowest BCUT2D eigenvalue weighted by Crippen LogP contribution is -2.08. The van der Waals surface area contributed by atoms with Gasteiger partial charge in [-0.1, -0.05) is 70.6 Å². The smallest absolute Gasteiger partial charge is 0.346 e. The van der Waals surface area contributed by atoms with E-state index in [1.165, 1.54) is 56.0 Å². The Hall–Kier alpha value is -0.170. The Bertz CT molecular complexity index is 857. The van der Waals surface area contributed by atoms with Gasteiger partial charge in [0.1, 0.15) is 9.81 Å². The molecule has 0 radical (unpaired) electrons. The fourth-order valence-electron chi connectivity index (χ4n) is 2.09. The van der Waals surface area contributed by atoms with Crippen LogP contribution in [0.15, 0.2) is 59.5 Å². The molecule has 11 heteroatoms. The molecule has 4 rings (SSSR count). The van der Waals surface area contributed by atoms with Crippen LogP contribution in [0.5, 0.6) is 0 Å². The Morgan fingerprint density at radius 2 is 1.07 bits per heavy atom. The minimum Gasteiger partial charge on any atom is -0.465 e. The van der Waals surface area contributed by atoms with Crippen LogP contribution in [0.25, 0.3) is 0 Å². The average molecular weight is 491 g/mol. The van der Waals surface area contributed by atoms with Gasteiger partial charge in [-0.05, 0) is 28.5 Å². The number of hydrogen-bond acceptors (Lipinski definition) is 11. The van der Waals surface area contributed by atoms with Gasteiger partial charge in [0.25, 0.3) is 0 Å². The zero-order valence-corrected chi connectivity index (χ0v) is 19.5. The first-order chi connectivity index (χ1) is 13.1. The second kappa shape index (κ2) is 8.68. The number of methoxy groups -OCH3 is 2. The Labute approximate surface area is 185 Å². The highest BCUT2D eigenvalue weighted by molar-refractivity contribution is 8.49. The number of ether oxygens (including phenoxy) is 2. The van der Waals surface area contributed by atoms with E-state index >= 15 is 0 Å². The molecule has 0 saturated carbocycles. The van der Waals surface area contributed by atoms with E-state index in [-0.39, 0.29) is 0 Å². The molecule has 27 heavy (non-hydrogen) atoms. The molecule has 4 nitrogen and oxygen atoms in total. The number of hydrogen-bond donors (Lipinski definition) is 0. The highest BCUT2D eigenvalue weighted by Gasteiger charge is 2.38. The first kappa shape index (κ1) is 20.1. The SMILES string of the molecule is COC(=O)C1=C(C(=O)OC)SC(=C2SC3=C(SC(=C4C=CSC=C4)S3)S2)S1. The number of carbonyl (C=O) groups is 2. The van der Waals surface area contributed by atoms with Crippen LogP contribution in [-0.2, 0) is 19.1 Å². The Morgan fingerprint density at radius 1 is 0.667 bits per heavy atom. The number of carbonyl (C=O) groups excluding carboxylic acids is 2. The molecule has 0 aromatic rings. The number of thioether (sulfide) groups is 7. The average Bonchev–Trinajstić information content (AvgIpc) is 3.39. The zero-order valence-electron chi connectivity index (χ0n) is 13.8. The molecule has 0 bridgehead atoms. The zero-order chi connectivity index (χ0) is 19.0. The summed E-state index contributed by atoms with van der Waals surface area (Å²) in [5.74, 6) is -1.02. The lowest BCUT2D eigenvalue weighted by Gasteiger charge is -2.08. The topological polar surface area (TPSA) is 52.6 Å². The summed E-state index contributed by atoms with van der Waals surface area (Å²) in [5.41, 5.74) is 1.24. The number of allylic oxidation sites excluding steroid dienone is 3. The molecule has 0 spiro atoms. The Balaban J connectivity index is 1.51. The Morgan fingerprint density at radius 3 is 1.52 bits per heavy atom. The molecular formula is C16H10O4S7. The van der Waals surface area contributed by atoms with Crippen molar-refractivity contribution in [3.05, 3.63) is 59.5 Å². The molecule has 0 N–H and O–H groups in total. The third-order valence-corrected chi connectivity index (χ3v) is 12.7. The van der Waals surface area contributed by atoms with Crippen molar-refractivity contribution in [3.63, 3.8) is 0 Å². The van der Waals surface area contributed by atoms with Gasteiger partial charge in [0.05, 0.1) is 35.4 Å². The van der Waals surface area contributed by atoms with Crippen LogP contribution < -0.4 is 0 Å². The largest absolute Gasteiger partial charge is 0.465 e. The lowest BCUT2D eigenvalue weighted by molar-refractivity contribution is -0.138. The quantitative estimate of drug-likeness (QED) is 0.414. The first-order valence-electron chi connectivity index (χ1n) is 7.30. The van der Waals surface area contributed by atoms with E-state index in [1.807, 2.05) is 0 Å². The summed E-state index contributed by atoms with van der Waals surface area (Å²) in [6, 6.07) is 0. The molecule has 0 saturated heterocycles. The molecule has 4 aliphatic rings. The lowest BCUT2D eigenvalue weighted by atomic mass is 10.3. The van der Waals surface area contributed by atoms with E-state index in [9.17, 15) is 9.59 Å². The van der Waals surface area contributed by atoms with E-state index in [4.69, 9.17) is 9.47 Å². The van der Waals surface area contributed by atoms with Crippen molar-refractivity contribution in [2.24, 2.45) is 0 Å². The van der Waals surface area contributed by atoms with Crippen LogP contribution in [0, 0.1) is 0 Å². The predicted molar refractivity (Wildman–Crippen MR) is 124 cm³/mol. The second-order valence-electron chi connectivity index (χ2n) is 4.89. The van der Waals surface area contributed by atoms with Gasteiger partial charge in [-0.3, -0.25) is 0 Å². The third-order valence-electron chi connectivity index (χ3n) is 3.30. The monoisotopic (exact) mass is 490 g/mol. The van der Waals surface area contributed by atoms with Crippen LogP contribution in [0.1, 0.15) is 0 Å². The van der Waals surface area contributed by atoms with Gasteiger partial charge in [0, 0.05) is 0 Å². The minimum absolute atomic E-state index is 0.295. The van der Waals surface area contributed by atoms with Gasteiger partial charge in [-0.2, -0.15) is 0 Å². The molecule has 0 amide bonds. The van der Waals surface area contributed by atoms with Crippen LogP contribution in [0.3, 0.4) is 0 Å². The van der Waals surface area contributed by atoms with Crippen molar-refractivity contribution in [3.8, 4) is 0 Å². The van der Waals surface area contributed by atoms with Crippen molar-refractivity contribution in [2.45, 2.75) is 0 Å². The first-order valence-corrected chi connectivity index (χ1v) is 13.1. The summed E-state index contributed by atoms with van der Waals surface area (Å²) in [5, 5.41) is 4.17. The van der Waals surface area contributed by atoms with Crippen LogP contribution in [-0.4, -0.2) is 26.2 Å². The van der Waals surface area contributed by atoms with E-state index in [0.29, 0.717) is 9.81 Å².